The highest BCUT2D eigenvalue weighted by atomic mass is 14.7. The molecule has 0 saturated carbocycles. The van der Waals surface area contributed by atoms with E-state index in [2.05, 4.69) is 81.4 Å². The molecule has 0 unspecified atom stereocenters. The summed E-state index contributed by atoms with van der Waals surface area (Å²) in [6, 6.07) is 21.3. The van der Waals surface area contributed by atoms with Crippen LogP contribution in [0.5, 0.6) is 0 Å². The fourth-order valence-electron chi connectivity index (χ4n) is 2.41. The number of pyridine rings is 1. The number of rotatable bonds is 2. The van der Waals surface area contributed by atoms with Gasteiger partial charge in [-0.05, 0) is 38.5 Å². The van der Waals surface area contributed by atoms with E-state index in [0.29, 0.717) is 0 Å². The first kappa shape index (κ1) is 13.6. The van der Waals surface area contributed by atoms with Gasteiger partial charge < -0.3 is 0 Å². The van der Waals surface area contributed by atoms with Gasteiger partial charge in [0.1, 0.15) is 0 Å². The summed E-state index contributed by atoms with van der Waals surface area (Å²) < 4.78 is 0. The Morgan fingerprint density at radius 1 is 0.524 bits per heavy atom. The molecule has 1 heterocycles. The molecule has 0 radical (unpaired) electrons. The summed E-state index contributed by atoms with van der Waals surface area (Å²) in [7, 11) is 0. The van der Waals surface area contributed by atoms with Gasteiger partial charge in [0.25, 0.3) is 0 Å². The van der Waals surface area contributed by atoms with Crippen molar-refractivity contribution in [1.29, 1.82) is 0 Å². The lowest BCUT2D eigenvalue weighted by molar-refractivity contribution is 1.28. The van der Waals surface area contributed by atoms with Crippen LogP contribution in [0.3, 0.4) is 0 Å². The standard InChI is InChI=1S/C20H19N/c1-14-4-8-17(9-5-14)19-12-16(3)13-20(21-19)18-10-6-15(2)7-11-18/h4-13H,1-3H3. The molecule has 0 saturated heterocycles. The van der Waals surface area contributed by atoms with Gasteiger partial charge in [-0.15, -0.1) is 0 Å². The summed E-state index contributed by atoms with van der Waals surface area (Å²) >= 11 is 0. The van der Waals surface area contributed by atoms with E-state index in [4.69, 9.17) is 4.98 Å². The minimum absolute atomic E-state index is 1.03. The van der Waals surface area contributed by atoms with Crippen LogP contribution in [0.1, 0.15) is 16.7 Å². The summed E-state index contributed by atoms with van der Waals surface area (Å²) in [5.74, 6) is 0. The van der Waals surface area contributed by atoms with Crippen LogP contribution >= 0.6 is 0 Å². The first-order valence-electron chi connectivity index (χ1n) is 7.24. The molecule has 0 aliphatic rings. The minimum atomic E-state index is 1.03. The van der Waals surface area contributed by atoms with Gasteiger partial charge in [-0.1, -0.05) is 59.7 Å². The number of aromatic nitrogens is 1. The fourth-order valence-corrected chi connectivity index (χ4v) is 2.41. The predicted molar refractivity (Wildman–Crippen MR) is 89.3 cm³/mol. The summed E-state index contributed by atoms with van der Waals surface area (Å²) in [5, 5.41) is 0. The van der Waals surface area contributed by atoms with Gasteiger partial charge in [0.05, 0.1) is 11.4 Å². The Hall–Kier alpha value is -2.41. The zero-order chi connectivity index (χ0) is 14.8. The fraction of sp³-hybridized carbons (Fsp3) is 0.150. The molecule has 0 bridgehead atoms. The third kappa shape index (κ3) is 3.03. The lowest BCUT2D eigenvalue weighted by atomic mass is 10.0. The number of aryl methyl sites for hydroxylation is 3. The van der Waals surface area contributed by atoms with Crippen LogP contribution in [0.4, 0.5) is 0 Å². The van der Waals surface area contributed by atoms with Crippen molar-refractivity contribution in [2.24, 2.45) is 0 Å². The average Bonchev–Trinajstić information content (AvgIpc) is 2.48. The van der Waals surface area contributed by atoms with Crippen molar-refractivity contribution in [3.63, 3.8) is 0 Å². The molecule has 0 amide bonds. The van der Waals surface area contributed by atoms with E-state index in [1.165, 1.54) is 16.7 Å². The van der Waals surface area contributed by atoms with E-state index in [-0.39, 0.29) is 0 Å². The van der Waals surface area contributed by atoms with Crippen LogP contribution < -0.4 is 0 Å². The Balaban J connectivity index is 2.07. The topological polar surface area (TPSA) is 12.9 Å². The van der Waals surface area contributed by atoms with Gasteiger partial charge in [0.15, 0.2) is 0 Å². The summed E-state index contributed by atoms with van der Waals surface area (Å²) in [5.41, 5.74) is 8.16. The molecule has 1 nitrogen and oxygen atoms in total. The van der Waals surface area contributed by atoms with Crippen molar-refractivity contribution in [2.75, 3.05) is 0 Å². The Morgan fingerprint density at radius 2 is 0.905 bits per heavy atom. The third-order valence-electron chi connectivity index (χ3n) is 3.66. The Bertz CT molecular complexity index is 689. The SMILES string of the molecule is Cc1ccc(-c2cc(C)cc(-c3ccc(C)cc3)n2)cc1. The summed E-state index contributed by atoms with van der Waals surface area (Å²) in [6.45, 7) is 6.33. The minimum Gasteiger partial charge on any atom is -0.248 e. The van der Waals surface area contributed by atoms with Crippen molar-refractivity contribution < 1.29 is 0 Å². The molecule has 21 heavy (non-hydrogen) atoms. The second-order valence-corrected chi connectivity index (χ2v) is 5.65. The number of benzene rings is 2. The van der Waals surface area contributed by atoms with Gasteiger partial charge in [-0.25, -0.2) is 4.98 Å². The highest BCUT2D eigenvalue weighted by Crippen LogP contribution is 2.25. The van der Waals surface area contributed by atoms with Crippen LogP contribution in [0.25, 0.3) is 22.5 Å². The van der Waals surface area contributed by atoms with Crippen LogP contribution in [-0.4, -0.2) is 4.98 Å². The lowest BCUT2D eigenvalue weighted by Crippen LogP contribution is -1.90. The Labute approximate surface area is 126 Å². The van der Waals surface area contributed by atoms with Gasteiger partial charge in [-0.3, -0.25) is 0 Å². The molecule has 1 heteroatoms. The van der Waals surface area contributed by atoms with E-state index < -0.39 is 0 Å². The second kappa shape index (κ2) is 5.53. The van der Waals surface area contributed by atoms with Gasteiger partial charge in [0.2, 0.25) is 0 Å². The maximum absolute atomic E-state index is 4.83. The number of hydrogen-bond donors (Lipinski definition) is 0. The van der Waals surface area contributed by atoms with Gasteiger partial charge in [-0.2, -0.15) is 0 Å². The van der Waals surface area contributed by atoms with E-state index in [9.17, 15) is 0 Å². The van der Waals surface area contributed by atoms with Crippen LogP contribution in [0.2, 0.25) is 0 Å². The molecule has 1 aromatic heterocycles. The van der Waals surface area contributed by atoms with E-state index in [1.807, 2.05) is 0 Å². The van der Waals surface area contributed by atoms with Gasteiger partial charge >= 0.3 is 0 Å². The highest BCUT2D eigenvalue weighted by molar-refractivity contribution is 5.67. The van der Waals surface area contributed by atoms with Crippen LogP contribution in [0.15, 0.2) is 60.7 Å². The molecule has 0 fully saturated rings. The zero-order valence-electron chi connectivity index (χ0n) is 12.7. The quantitative estimate of drug-likeness (QED) is 0.614. The molecular formula is C20H19N. The molecule has 0 aliphatic heterocycles. The lowest BCUT2D eigenvalue weighted by Gasteiger charge is -2.08. The third-order valence-corrected chi connectivity index (χ3v) is 3.66. The summed E-state index contributed by atoms with van der Waals surface area (Å²) in [4.78, 5) is 4.83. The Kier molecular flexibility index (Phi) is 3.57. The molecule has 3 aromatic rings. The monoisotopic (exact) mass is 273 g/mol. The number of nitrogens with zero attached hydrogens (tertiary/aromatic N) is 1. The first-order valence-corrected chi connectivity index (χ1v) is 7.24. The molecule has 0 N–H and O–H groups in total. The van der Waals surface area contributed by atoms with Gasteiger partial charge in [0, 0.05) is 11.1 Å². The predicted octanol–water partition coefficient (Wildman–Crippen LogP) is 5.34. The molecule has 0 atom stereocenters. The van der Waals surface area contributed by atoms with E-state index >= 15 is 0 Å². The highest BCUT2D eigenvalue weighted by Gasteiger charge is 2.05. The van der Waals surface area contributed by atoms with Crippen molar-refractivity contribution in [3.05, 3.63) is 77.4 Å². The molecule has 104 valence electrons. The maximum Gasteiger partial charge on any atom is 0.0712 e. The van der Waals surface area contributed by atoms with Crippen LogP contribution in [-0.2, 0) is 0 Å². The summed E-state index contributed by atoms with van der Waals surface area (Å²) in [6.07, 6.45) is 0. The first-order chi connectivity index (χ1) is 10.1. The van der Waals surface area contributed by atoms with E-state index in [0.717, 1.165) is 22.5 Å². The largest absolute Gasteiger partial charge is 0.248 e. The van der Waals surface area contributed by atoms with E-state index in [1.54, 1.807) is 0 Å². The second-order valence-electron chi connectivity index (χ2n) is 5.65. The average molecular weight is 273 g/mol. The Morgan fingerprint density at radius 3 is 1.29 bits per heavy atom. The smallest absolute Gasteiger partial charge is 0.0712 e. The normalized spacial score (nSPS) is 10.6. The van der Waals surface area contributed by atoms with Crippen molar-refractivity contribution >= 4 is 0 Å². The zero-order valence-corrected chi connectivity index (χ0v) is 12.7. The van der Waals surface area contributed by atoms with Crippen molar-refractivity contribution in [2.45, 2.75) is 20.8 Å². The molecule has 2 aromatic carbocycles. The molecular weight excluding hydrogens is 254 g/mol. The molecule has 3 rings (SSSR count). The number of hydrogen-bond acceptors (Lipinski definition) is 1. The van der Waals surface area contributed by atoms with Crippen LogP contribution in [0, 0.1) is 20.8 Å². The maximum atomic E-state index is 4.83. The molecule has 0 spiro atoms. The van der Waals surface area contributed by atoms with Crippen molar-refractivity contribution in [3.8, 4) is 22.5 Å². The molecule has 0 aliphatic carbocycles. The van der Waals surface area contributed by atoms with Crippen molar-refractivity contribution in [1.82, 2.24) is 4.98 Å².